The zero-order chi connectivity index (χ0) is 13.1. The number of halogens is 1. The minimum Gasteiger partial charge on any atom is -0.493 e. The summed E-state index contributed by atoms with van der Waals surface area (Å²) >= 11 is 5.83. The molecular formula is C12H16ClN3O2. The molecule has 0 fully saturated rings. The number of hydrogen-bond acceptors (Lipinski definition) is 4. The Balaban J connectivity index is 2.43. The van der Waals surface area contributed by atoms with Crippen molar-refractivity contribution >= 4 is 11.6 Å². The monoisotopic (exact) mass is 269 g/mol. The Hall–Kier alpha value is -1.46. The molecule has 2 rings (SSSR count). The summed E-state index contributed by atoms with van der Waals surface area (Å²) < 4.78 is 12.6. The van der Waals surface area contributed by atoms with Crippen LogP contribution in [0.15, 0.2) is 22.7 Å². The fourth-order valence-electron chi connectivity index (χ4n) is 1.93. The number of nitrogens with zero attached hydrogens (tertiary/aromatic N) is 2. The molecule has 0 aromatic carbocycles. The fraction of sp³-hybridized carbons (Fsp3) is 0.417. The van der Waals surface area contributed by atoms with E-state index in [-0.39, 0.29) is 6.04 Å². The third-order valence-corrected chi connectivity index (χ3v) is 2.93. The van der Waals surface area contributed by atoms with Crippen LogP contribution < -0.4 is 10.1 Å². The van der Waals surface area contributed by atoms with Crippen LogP contribution in [0.2, 0.25) is 5.22 Å². The number of nitrogens with one attached hydrogen (secondary N) is 1. The Labute approximate surface area is 111 Å². The number of aromatic nitrogens is 2. The first-order valence-electron chi connectivity index (χ1n) is 5.71. The van der Waals surface area contributed by atoms with Gasteiger partial charge in [0.05, 0.1) is 13.3 Å². The molecule has 0 aliphatic rings. The molecule has 0 radical (unpaired) electrons. The van der Waals surface area contributed by atoms with Gasteiger partial charge >= 0.3 is 0 Å². The number of methoxy groups -OCH3 is 1. The quantitative estimate of drug-likeness (QED) is 0.905. The van der Waals surface area contributed by atoms with Crippen LogP contribution in [0.1, 0.15) is 24.4 Å². The van der Waals surface area contributed by atoms with Crippen LogP contribution in [-0.4, -0.2) is 23.4 Å². The minimum absolute atomic E-state index is 0.134. The van der Waals surface area contributed by atoms with Crippen LogP contribution in [0.25, 0.3) is 0 Å². The minimum atomic E-state index is -0.134. The third-order valence-electron chi connectivity index (χ3n) is 2.73. The lowest BCUT2D eigenvalue weighted by atomic mass is 10.1. The van der Waals surface area contributed by atoms with E-state index in [0.717, 1.165) is 23.7 Å². The molecule has 1 N–H and O–H groups in total. The predicted molar refractivity (Wildman–Crippen MR) is 69.0 cm³/mol. The standard InChI is InChI=1S/C12H16ClN3O2/c1-4-14-11(8-5-6-10(13)18-8)12-9(17-3)7-15-16(12)2/h5-7,11,14H,4H2,1-3H3. The lowest BCUT2D eigenvalue weighted by Crippen LogP contribution is -2.24. The van der Waals surface area contributed by atoms with Gasteiger partial charge in [0.15, 0.2) is 11.0 Å². The summed E-state index contributed by atoms with van der Waals surface area (Å²) in [6, 6.07) is 3.44. The summed E-state index contributed by atoms with van der Waals surface area (Å²) in [5, 5.41) is 7.91. The first-order valence-corrected chi connectivity index (χ1v) is 6.09. The average molecular weight is 270 g/mol. The summed E-state index contributed by atoms with van der Waals surface area (Å²) in [5.74, 6) is 1.46. The van der Waals surface area contributed by atoms with E-state index in [1.165, 1.54) is 0 Å². The van der Waals surface area contributed by atoms with Crippen molar-refractivity contribution in [2.24, 2.45) is 7.05 Å². The molecule has 0 aliphatic heterocycles. The smallest absolute Gasteiger partial charge is 0.193 e. The van der Waals surface area contributed by atoms with E-state index < -0.39 is 0 Å². The van der Waals surface area contributed by atoms with Crippen LogP contribution in [0, 0.1) is 0 Å². The summed E-state index contributed by atoms with van der Waals surface area (Å²) in [4.78, 5) is 0. The van der Waals surface area contributed by atoms with Gasteiger partial charge in [-0.1, -0.05) is 6.92 Å². The van der Waals surface area contributed by atoms with Crippen molar-refractivity contribution in [2.75, 3.05) is 13.7 Å². The second kappa shape index (κ2) is 5.46. The van der Waals surface area contributed by atoms with Gasteiger partial charge < -0.3 is 14.5 Å². The fourth-order valence-corrected chi connectivity index (χ4v) is 2.08. The molecule has 0 amide bonds. The molecule has 5 nitrogen and oxygen atoms in total. The third kappa shape index (κ3) is 2.37. The Morgan fingerprint density at radius 1 is 1.56 bits per heavy atom. The van der Waals surface area contributed by atoms with Gasteiger partial charge in [0, 0.05) is 7.05 Å². The second-order valence-corrected chi connectivity index (χ2v) is 4.23. The average Bonchev–Trinajstić information content (AvgIpc) is 2.93. The molecule has 2 heterocycles. The van der Waals surface area contributed by atoms with Gasteiger partial charge in [0.25, 0.3) is 0 Å². The highest BCUT2D eigenvalue weighted by Gasteiger charge is 2.24. The maximum Gasteiger partial charge on any atom is 0.193 e. The molecule has 0 spiro atoms. The Morgan fingerprint density at radius 3 is 2.89 bits per heavy atom. The molecule has 6 heteroatoms. The maximum atomic E-state index is 5.83. The van der Waals surface area contributed by atoms with Crippen molar-refractivity contribution < 1.29 is 9.15 Å². The highest BCUT2D eigenvalue weighted by Crippen LogP contribution is 2.31. The van der Waals surface area contributed by atoms with Gasteiger partial charge in [-0.25, -0.2) is 0 Å². The van der Waals surface area contributed by atoms with Crippen molar-refractivity contribution in [1.82, 2.24) is 15.1 Å². The summed E-state index contributed by atoms with van der Waals surface area (Å²) in [7, 11) is 3.49. The molecule has 2 aromatic heterocycles. The SMILES string of the molecule is CCNC(c1ccc(Cl)o1)c1c(OC)cnn1C. The molecule has 1 atom stereocenters. The zero-order valence-corrected chi connectivity index (χ0v) is 11.4. The molecule has 0 saturated heterocycles. The first kappa shape index (κ1) is 13.0. The molecule has 0 bridgehead atoms. The lowest BCUT2D eigenvalue weighted by molar-refractivity contribution is 0.387. The van der Waals surface area contributed by atoms with E-state index in [2.05, 4.69) is 10.4 Å². The highest BCUT2D eigenvalue weighted by molar-refractivity contribution is 6.28. The molecule has 0 saturated carbocycles. The summed E-state index contributed by atoms with van der Waals surface area (Å²) in [6.07, 6.45) is 1.68. The largest absolute Gasteiger partial charge is 0.493 e. The second-order valence-electron chi connectivity index (χ2n) is 3.85. The Kier molecular flexibility index (Phi) is 3.93. The van der Waals surface area contributed by atoms with E-state index >= 15 is 0 Å². The molecule has 2 aromatic rings. The van der Waals surface area contributed by atoms with Gasteiger partial charge in [-0.3, -0.25) is 4.68 Å². The van der Waals surface area contributed by atoms with Gasteiger partial charge in [0.2, 0.25) is 0 Å². The molecule has 18 heavy (non-hydrogen) atoms. The van der Waals surface area contributed by atoms with Crippen LogP contribution in [0.3, 0.4) is 0 Å². The van der Waals surface area contributed by atoms with E-state index in [0.29, 0.717) is 5.22 Å². The van der Waals surface area contributed by atoms with Crippen molar-refractivity contribution in [3.8, 4) is 5.75 Å². The van der Waals surface area contributed by atoms with E-state index in [1.54, 1.807) is 24.1 Å². The van der Waals surface area contributed by atoms with Crippen LogP contribution >= 0.6 is 11.6 Å². The predicted octanol–water partition coefficient (Wildman–Crippen LogP) is 2.37. The van der Waals surface area contributed by atoms with Crippen molar-refractivity contribution in [3.05, 3.63) is 35.0 Å². The number of ether oxygens (including phenoxy) is 1. The van der Waals surface area contributed by atoms with Crippen molar-refractivity contribution in [1.29, 1.82) is 0 Å². The normalized spacial score (nSPS) is 12.7. The van der Waals surface area contributed by atoms with Crippen LogP contribution in [-0.2, 0) is 7.05 Å². The topological polar surface area (TPSA) is 52.2 Å². The van der Waals surface area contributed by atoms with E-state index in [4.69, 9.17) is 20.8 Å². The lowest BCUT2D eigenvalue weighted by Gasteiger charge is -2.17. The molecular weight excluding hydrogens is 254 g/mol. The van der Waals surface area contributed by atoms with Crippen molar-refractivity contribution in [2.45, 2.75) is 13.0 Å². The van der Waals surface area contributed by atoms with Gasteiger partial charge in [-0.15, -0.1) is 0 Å². The summed E-state index contributed by atoms with van der Waals surface area (Å²) in [6.45, 7) is 2.82. The van der Waals surface area contributed by atoms with Gasteiger partial charge in [0.1, 0.15) is 17.5 Å². The van der Waals surface area contributed by atoms with Gasteiger partial charge in [-0.2, -0.15) is 5.10 Å². The van der Waals surface area contributed by atoms with Crippen LogP contribution in [0.4, 0.5) is 0 Å². The number of hydrogen-bond donors (Lipinski definition) is 1. The number of aryl methyl sites for hydroxylation is 1. The molecule has 1 unspecified atom stereocenters. The molecule has 0 aliphatic carbocycles. The molecule has 98 valence electrons. The number of rotatable bonds is 5. The first-order chi connectivity index (χ1) is 8.67. The Bertz CT molecular complexity index is 521. The van der Waals surface area contributed by atoms with Crippen LogP contribution in [0.5, 0.6) is 5.75 Å². The van der Waals surface area contributed by atoms with Crippen molar-refractivity contribution in [3.63, 3.8) is 0 Å². The summed E-state index contributed by atoms with van der Waals surface area (Å²) in [5.41, 5.74) is 0.908. The highest BCUT2D eigenvalue weighted by atomic mass is 35.5. The van der Waals surface area contributed by atoms with Gasteiger partial charge in [-0.05, 0) is 30.3 Å². The number of furan rings is 1. The van der Waals surface area contributed by atoms with E-state index in [9.17, 15) is 0 Å². The van der Waals surface area contributed by atoms with E-state index in [1.807, 2.05) is 20.0 Å². The zero-order valence-electron chi connectivity index (χ0n) is 10.6. The Morgan fingerprint density at radius 2 is 2.33 bits per heavy atom. The maximum absolute atomic E-state index is 5.83.